The summed E-state index contributed by atoms with van der Waals surface area (Å²) in [4.78, 5) is 20.0. The number of hydrogen-bond donors (Lipinski definition) is 0. The molecular weight excluding hydrogens is 374 g/mol. The summed E-state index contributed by atoms with van der Waals surface area (Å²) in [5.74, 6) is 0. The van der Waals surface area contributed by atoms with Gasteiger partial charge < -0.3 is 4.42 Å². The number of thiophene rings is 1. The number of thioether (sulfide) groups is 1. The topological polar surface area (TPSA) is 42.6 Å². The average Bonchev–Trinajstić information content (AvgIpc) is 3.15. The fourth-order valence-electron chi connectivity index (χ4n) is 3.28. The number of fused-ring (bicyclic) bond motifs is 2. The van der Waals surface area contributed by atoms with Crippen LogP contribution in [0.4, 0.5) is 5.69 Å². The summed E-state index contributed by atoms with van der Waals surface area (Å²) < 4.78 is 5.56. The lowest BCUT2D eigenvalue weighted by Gasteiger charge is -2.13. The van der Waals surface area contributed by atoms with Gasteiger partial charge in [0.05, 0.1) is 17.0 Å². The highest BCUT2D eigenvalue weighted by Gasteiger charge is 2.25. The zero-order valence-corrected chi connectivity index (χ0v) is 15.9. The molecule has 1 atom stereocenters. The molecule has 0 unspecified atom stereocenters. The van der Waals surface area contributed by atoms with Crippen LogP contribution < -0.4 is 5.63 Å². The van der Waals surface area contributed by atoms with E-state index < -0.39 is 0 Å². The van der Waals surface area contributed by atoms with Gasteiger partial charge in [-0.25, -0.2) is 4.79 Å². The summed E-state index contributed by atoms with van der Waals surface area (Å²) >= 11 is 3.55. The Labute approximate surface area is 164 Å². The Morgan fingerprint density at radius 1 is 1.00 bits per heavy atom. The zero-order valence-electron chi connectivity index (χ0n) is 14.3. The number of hydrogen-bond acceptors (Lipinski definition) is 5. The van der Waals surface area contributed by atoms with Crippen LogP contribution in [0.5, 0.6) is 0 Å². The number of nitrogens with zero attached hydrogens (tertiary/aromatic N) is 1. The zero-order chi connectivity index (χ0) is 18.2. The van der Waals surface area contributed by atoms with Crippen LogP contribution in [0.3, 0.4) is 0 Å². The molecule has 5 rings (SSSR count). The Bertz CT molecular complexity index is 1210. The predicted molar refractivity (Wildman–Crippen MR) is 113 cm³/mol. The van der Waals surface area contributed by atoms with Gasteiger partial charge in [-0.05, 0) is 35.7 Å². The van der Waals surface area contributed by atoms with Gasteiger partial charge in [0, 0.05) is 26.8 Å². The molecule has 2 aromatic heterocycles. The van der Waals surface area contributed by atoms with Crippen molar-refractivity contribution >= 4 is 45.5 Å². The molecule has 132 valence electrons. The van der Waals surface area contributed by atoms with Crippen molar-refractivity contribution in [2.24, 2.45) is 4.99 Å². The molecule has 0 amide bonds. The molecule has 0 fully saturated rings. The Hall–Kier alpha value is -2.63. The predicted octanol–water partition coefficient (Wildman–Crippen LogP) is 6.21. The lowest BCUT2D eigenvalue weighted by Crippen LogP contribution is -2.15. The van der Waals surface area contributed by atoms with Crippen molar-refractivity contribution in [2.75, 3.05) is 0 Å². The van der Waals surface area contributed by atoms with E-state index in [1.54, 1.807) is 23.1 Å². The van der Waals surface area contributed by atoms with Gasteiger partial charge in [-0.3, -0.25) is 4.99 Å². The van der Waals surface area contributed by atoms with Gasteiger partial charge in [0.2, 0.25) is 0 Å². The second-order valence-electron chi connectivity index (χ2n) is 6.34. The molecule has 0 saturated heterocycles. The molecule has 1 aliphatic rings. The molecule has 0 radical (unpaired) electrons. The summed E-state index contributed by atoms with van der Waals surface area (Å²) in [6.07, 6.45) is 0.683. The molecule has 0 aliphatic carbocycles. The minimum absolute atomic E-state index is 0.221. The Kier molecular flexibility index (Phi) is 4.19. The molecule has 0 spiro atoms. The van der Waals surface area contributed by atoms with E-state index >= 15 is 0 Å². The van der Waals surface area contributed by atoms with Crippen molar-refractivity contribution in [1.29, 1.82) is 0 Å². The molecule has 0 bridgehead atoms. The van der Waals surface area contributed by atoms with E-state index in [0.717, 1.165) is 21.7 Å². The second kappa shape index (κ2) is 6.83. The normalized spacial score (nSPS) is 16.6. The van der Waals surface area contributed by atoms with Crippen LogP contribution in [0.1, 0.15) is 22.1 Å². The van der Waals surface area contributed by atoms with Crippen molar-refractivity contribution in [1.82, 2.24) is 0 Å². The maximum atomic E-state index is 12.7. The molecule has 5 heteroatoms. The third-order valence-corrected chi connectivity index (χ3v) is 7.02. The first-order valence-corrected chi connectivity index (χ1v) is 10.4. The van der Waals surface area contributed by atoms with Crippen molar-refractivity contribution in [3.8, 4) is 0 Å². The largest absolute Gasteiger partial charge is 0.422 e. The Morgan fingerprint density at radius 3 is 2.74 bits per heavy atom. The monoisotopic (exact) mass is 389 g/mol. The lowest BCUT2D eigenvalue weighted by molar-refractivity contribution is 0.559. The van der Waals surface area contributed by atoms with E-state index in [1.165, 1.54) is 4.88 Å². The molecule has 3 nitrogen and oxygen atoms in total. The van der Waals surface area contributed by atoms with Gasteiger partial charge in [0.15, 0.2) is 0 Å². The highest BCUT2D eigenvalue weighted by molar-refractivity contribution is 7.99. The molecule has 1 aliphatic heterocycles. The first kappa shape index (κ1) is 16.5. The maximum absolute atomic E-state index is 12.7. The molecule has 0 saturated carbocycles. The van der Waals surface area contributed by atoms with Gasteiger partial charge in [0.25, 0.3) is 0 Å². The molecule has 0 N–H and O–H groups in total. The quantitative estimate of drug-likeness (QED) is 0.383. The summed E-state index contributed by atoms with van der Waals surface area (Å²) in [6.45, 7) is 0. The van der Waals surface area contributed by atoms with Crippen molar-refractivity contribution < 1.29 is 4.42 Å². The van der Waals surface area contributed by atoms with Crippen molar-refractivity contribution in [2.45, 2.75) is 16.6 Å². The fraction of sp³-hybridized carbons (Fsp3) is 0.0909. The van der Waals surface area contributed by atoms with Crippen molar-refractivity contribution in [3.05, 3.63) is 93.0 Å². The standard InChI is InChI=1S/C22H15NO2S2/c24-22-15(12-14-6-1-3-8-18(14)25-22)17-13-21(20-10-5-11-26-20)27-19-9-4-2-7-16(19)23-17/h1-12,21H,13H2/t21-/m0/s1. The van der Waals surface area contributed by atoms with Crippen LogP contribution in [-0.2, 0) is 0 Å². The average molecular weight is 390 g/mol. The Morgan fingerprint density at radius 2 is 1.85 bits per heavy atom. The van der Waals surface area contributed by atoms with Crippen molar-refractivity contribution in [3.63, 3.8) is 0 Å². The van der Waals surface area contributed by atoms with Gasteiger partial charge in [0.1, 0.15) is 5.58 Å². The van der Waals surface area contributed by atoms with Crippen LogP contribution in [0.15, 0.2) is 91.2 Å². The highest BCUT2D eigenvalue weighted by Crippen LogP contribution is 2.46. The molecule has 2 aromatic carbocycles. The minimum Gasteiger partial charge on any atom is -0.422 e. The first-order valence-electron chi connectivity index (χ1n) is 8.68. The van der Waals surface area contributed by atoms with Gasteiger partial charge in [-0.15, -0.1) is 23.1 Å². The summed E-state index contributed by atoms with van der Waals surface area (Å²) in [5, 5.41) is 3.22. The van der Waals surface area contributed by atoms with Gasteiger partial charge in [-0.1, -0.05) is 36.4 Å². The van der Waals surface area contributed by atoms with Gasteiger partial charge in [-0.2, -0.15) is 0 Å². The third kappa shape index (κ3) is 3.13. The first-order chi connectivity index (χ1) is 13.3. The van der Waals surface area contributed by atoms with Crippen LogP contribution in [0, 0.1) is 0 Å². The SMILES string of the molecule is O=c1oc2ccccc2cc1C1=Nc2ccccc2S[C@H](c2cccs2)C1. The molecule has 4 aromatic rings. The van der Waals surface area contributed by atoms with E-state index in [0.29, 0.717) is 17.6 Å². The van der Waals surface area contributed by atoms with E-state index in [9.17, 15) is 4.79 Å². The molecular formula is C22H15NO2S2. The fourth-order valence-corrected chi connectivity index (χ4v) is 5.43. The molecule has 3 heterocycles. The number of rotatable bonds is 2. The molecule has 27 heavy (non-hydrogen) atoms. The summed E-state index contributed by atoms with van der Waals surface area (Å²) in [5.41, 5.74) is 2.51. The Balaban J connectivity index is 1.69. The highest BCUT2D eigenvalue weighted by atomic mass is 32.2. The third-order valence-electron chi connectivity index (χ3n) is 4.58. The van der Waals surface area contributed by atoms with E-state index in [4.69, 9.17) is 9.41 Å². The number of aliphatic imine (C=N–C) groups is 1. The van der Waals surface area contributed by atoms with Crippen LogP contribution in [0.25, 0.3) is 11.0 Å². The second-order valence-corrected chi connectivity index (χ2v) is 8.56. The minimum atomic E-state index is -0.332. The van der Waals surface area contributed by atoms with Crippen LogP contribution in [-0.4, -0.2) is 5.71 Å². The number of para-hydroxylation sites is 2. The van der Waals surface area contributed by atoms with Crippen LogP contribution >= 0.6 is 23.1 Å². The number of benzene rings is 2. The maximum Gasteiger partial charge on any atom is 0.345 e. The smallest absolute Gasteiger partial charge is 0.345 e. The summed E-state index contributed by atoms with van der Waals surface area (Å²) in [6, 6.07) is 21.8. The van der Waals surface area contributed by atoms with E-state index in [2.05, 4.69) is 23.6 Å². The van der Waals surface area contributed by atoms with Crippen LogP contribution in [0.2, 0.25) is 0 Å². The van der Waals surface area contributed by atoms with E-state index in [-0.39, 0.29) is 10.9 Å². The summed E-state index contributed by atoms with van der Waals surface area (Å²) in [7, 11) is 0. The van der Waals surface area contributed by atoms with E-state index in [1.807, 2.05) is 48.5 Å². The van der Waals surface area contributed by atoms with Gasteiger partial charge >= 0.3 is 5.63 Å². The lowest BCUT2D eigenvalue weighted by atomic mass is 10.0.